The molecule has 1 heterocycles. The van der Waals surface area contributed by atoms with E-state index in [1.165, 1.54) is 36.3 Å². The number of nitrogen functional groups attached to an aromatic ring is 1. The molecule has 2 aromatic rings. The van der Waals surface area contributed by atoms with Crippen LogP contribution in [0.25, 0.3) is 5.69 Å². The van der Waals surface area contributed by atoms with Crippen LogP contribution >= 0.6 is 11.6 Å². The number of rotatable bonds is 2. The van der Waals surface area contributed by atoms with Gasteiger partial charge in [-0.1, -0.05) is 11.6 Å². The molecule has 0 unspecified atom stereocenters. The van der Waals surface area contributed by atoms with Crippen LogP contribution < -0.4 is 10.5 Å². The Morgan fingerprint density at radius 2 is 2.25 bits per heavy atom. The number of imidazole rings is 1. The van der Waals surface area contributed by atoms with Gasteiger partial charge in [0.2, 0.25) is 0 Å². The predicted molar refractivity (Wildman–Crippen MR) is 59.5 cm³/mol. The highest BCUT2D eigenvalue weighted by Crippen LogP contribution is 2.29. The average molecular weight is 242 g/mol. The van der Waals surface area contributed by atoms with Gasteiger partial charge in [0, 0.05) is 18.0 Å². The summed E-state index contributed by atoms with van der Waals surface area (Å²) >= 11 is 5.67. The molecule has 0 aliphatic heterocycles. The van der Waals surface area contributed by atoms with Crippen molar-refractivity contribution < 1.29 is 9.13 Å². The number of halogens is 2. The van der Waals surface area contributed by atoms with Crippen LogP contribution in [0.1, 0.15) is 0 Å². The van der Waals surface area contributed by atoms with E-state index >= 15 is 0 Å². The van der Waals surface area contributed by atoms with Crippen LogP contribution in [0.5, 0.6) is 5.75 Å². The zero-order chi connectivity index (χ0) is 11.7. The van der Waals surface area contributed by atoms with Crippen LogP contribution in [0, 0.1) is 5.82 Å². The minimum atomic E-state index is -0.495. The second-order valence-corrected chi connectivity index (χ2v) is 3.54. The van der Waals surface area contributed by atoms with Crippen molar-refractivity contribution in [2.45, 2.75) is 0 Å². The summed E-state index contributed by atoms with van der Waals surface area (Å²) in [4.78, 5) is 3.81. The molecule has 84 valence electrons. The summed E-state index contributed by atoms with van der Waals surface area (Å²) in [5, 5.41) is 0.276. The molecule has 1 aromatic heterocycles. The molecule has 2 rings (SSSR count). The minimum Gasteiger partial charge on any atom is -0.494 e. The third kappa shape index (κ3) is 1.81. The van der Waals surface area contributed by atoms with Gasteiger partial charge in [0.25, 0.3) is 0 Å². The maximum absolute atomic E-state index is 13.7. The topological polar surface area (TPSA) is 53.1 Å². The summed E-state index contributed by atoms with van der Waals surface area (Å²) in [6.07, 6.45) is 2.89. The van der Waals surface area contributed by atoms with E-state index in [2.05, 4.69) is 4.98 Å². The summed E-state index contributed by atoms with van der Waals surface area (Å²) in [7, 11) is 1.44. The molecule has 0 amide bonds. The predicted octanol–water partition coefficient (Wildman–Crippen LogP) is 2.26. The summed E-state index contributed by atoms with van der Waals surface area (Å²) in [6.45, 7) is 0. The van der Waals surface area contributed by atoms with Crippen molar-refractivity contribution in [3.8, 4) is 11.4 Å². The quantitative estimate of drug-likeness (QED) is 0.821. The molecule has 16 heavy (non-hydrogen) atoms. The van der Waals surface area contributed by atoms with Crippen LogP contribution in [-0.2, 0) is 0 Å². The number of ether oxygens (including phenoxy) is 1. The molecule has 2 N–H and O–H groups in total. The SMILES string of the molecule is COc1cc(N)cc(F)c1-n1cnc(Cl)c1. The van der Waals surface area contributed by atoms with Gasteiger partial charge in [-0.15, -0.1) is 0 Å². The number of methoxy groups -OCH3 is 1. The first-order valence-corrected chi connectivity index (χ1v) is 4.82. The first-order valence-electron chi connectivity index (χ1n) is 4.44. The molecule has 0 atom stereocenters. The highest BCUT2D eigenvalue weighted by molar-refractivity contribution is 6.29. The molecule has 0 spiro atoms. The molecule has 4 nitrogen and oxygen atoms in total. The van der Waals surface area contributed by atoms with Crippen molar-refractivity contribution in [1.29, 1.82) is 0 Å². The number of benzene rings is 1. The Balaban J connectivity index is 2.63. The molecule has 0 bridgehead atoms. The zero-order valence-electron chi connectivity index (χ0n) is 8.45. The van der Waals surface area contributed by atoms with Gasteiger partial charge in [-0.25, -0.2) is 9.37 Å². The normalized spacial score (nSPS) is 10.4. The van der Waals surface area contributed by atoms with Gasteiger partial charge in [-0.2, -0.15) is 0 Å². The fourth-order valence-electron chi connectivity index (χ4n) is 1.42. The molecular weight excluding hydrogens is 233 g/mol. The van der Waals surface area contributed by atoms with Gasteiger partial charge >= 0.3 is 0 Å². The highest BCUT2D eigenvalue weighted by Gasteiger charge is 2.13. The lowest BCUT2D eigenvalue weighted by molar-refractivity contribution is 0.409. The lowest BCUT2D eigenvalue weighted by Gasteiger charge is -2.10. The van der Waals surface area contributed by atoms with Crippen LogP contribution in [0.15, 0.2) is 24.7 Å². The van der Waals surface area contributed by atoms with Gasteiger partial charge in [-0.05, 0) is 6.07 Å². The van der Waals surface area contributed by atoms with Crippen molar-refractivity contribution in [3.63, 3.8) is 0 Å². The standard InChI is InChI=1S/C10H9ClFN3O/c1-16-8-3-6(13)2-7(12)10(8)15-4-9(11)14-5-15/h2-5H,13H2,1H3. The Labute approximate surface area is 96.4 Å². The lowest BCUT2D eigenvalue weighted by Crippen LogP contribution is -2.01. The molecule has 0 radical (unpaired) electrons. The zero-order valence-corrected chi connectivity index (χ0v) is 9.20. The number of hydrogen-bond acceptors (Lipinski definition) is 3. The number of nitrogens with zero attached hydrogens (tertiary/aromatic N) is 2. The number of nitrogens with two attached hydrogens (primary N) is 1. The molecule has 0 saturated heterocycles. The Hall–Kier alpha value is -1.75. The van der Waals surface area contributed by atoms with Gasteiger partial charge in [-0.3, -0.25) is 4.57 Å². The second-order valence-electron chi connectivity index (χ2n) is 3.16. The van der Waals surface area contributed by atoms with E-state index in [-0.39, 0.29) is 10.8 Å². The van der Waals surface area contributed by atoms with E-state index in [0.29, 0.717) is 11.4 Å². The molecule has 0 fully saturated rings. The Bertz CT molecular complexity index is 527. The smallest absolute Gasteiger partial charge is 0.153 e. The Kier molecular flexibility index (Phi) is 2.70. The second kappa shape index (κ2) is 4.02. The van der Waals surface area contributed by atoms with Crippen molar-refractivity contribution in [2.24, 2.45) is 0 Å². The Morgan fingerprint density at radius 3 is 2.81 bits per heavy atom. The molecule has 0 aliphatic carbocycles. The Morgan fingerprint density at radius 1 is 1.50 bits per heavy atom. The van der Waals surface area contributed by atoms with Crippen LogP contribution in [0.2, 0.25) is 5.15 Å². The van der Waals surface area contributed by atoms with E-state index in [4.69, 9.17) is 22.1 Å². The molecule has 0 aliphatic rings. The summed E-state index contributed by atoms with van der Waals surface area (Å²) in [6, 6.07) is 2.75. The summed E-state index contributed by atoms with van der Waals surface area (Å²) in [5.41, 5.74) is 6.04. The van der Waals surface area contributed by atoms with E-state index in [9.17, 15) is 4.39 Å². The molecule has 6 heteroatoms. The van der Waals surface area contributed by atoms with Gasteiger partial charge in [0.05, 0.1) is 7.11 Å². The largest absolute Gasteiger partial charge is 0.494 e. The van der Waals surface area contributed by atoms with Crippen molar-refractivity contribution in [3.05, 3.63) is 35.6 Å². The van der Waals surface area contributed by atoms with Gasteiger partial charge in [0.15, 0.2) is 5.82 Å². The third-order valence-electron chi connectivity index (χ3n) is 2.08. The fourth-order valence-corrected chi connectivity index (χ4v) is 1.57. The van der Waals surface area contributed by atoms with Crippen molar-refractivity contribution in [2.75, 3.05) is 12.8 Å². The van der Waals surface area contributed by atoms with Crippen LogP contribution in [0.4, 0.5) is 10.1 Å². The van der Waals surface area contributed by atoms with Gasteiger partial charge in [0.1, 0.15) is 22.9 Å². The van der Waals surface area contributed by atoms with Crippen LogP contribution in [0.3, 0.4) is 0 Å². The van der Waals surface area contributed by atoms with E-state index < -0.39 is 5.82 Å². The van der Waals surface area contributed by atoms with Crippen LogP contribution in [-0.4, -0.2) is 16.7 Å². The number of anilines is 1. The maximum Gasteiger partial charge on any atom is 0.153 e. The molecular formula is C10H9ClFN3O. The van der Waals surface area contributed by atoms with Crippen molar-refractivity contribution >= 4 is 17.3 Å². The maximum atomic E-state index is 13.7. The van der Waals surface area contributed by atoms with E-state index in [1.807, 2.05) is 0 Å². The third-order valence-corrected chi connectivity index (χ3v) is 2.28. The number of aromatic nitrogens is 2. The first-order chi connectivity index (χ1) is 7.61. The summed E-state index contributed by atoms with van der Waals surface area (Å²) in [5.74, 6) is -0.169. The first kappa shape index (κ1) is 10.8. The fraction of sp³-hybridized carbons (Fsp3) is 0.100. The highest BCUT2D eigenvalue weighted by atomic mass is 35.5. The lowest BCUT2D eigenvalue weighted by atomic mass is 10.2. The number of hydrogen-bond donors (Lipinski definition) is 1. The van der Waals surface area contributed by atoms with E-state index in [0.717, 1.165) is 0 Å². The average Bonchev–Trinajstić information content (AvgIpc) is 2.63. The molecule has 1 aromatic carbocycles. The summed E-state index contributed by atoms with van der Waals surface area (Å²) < 4.78 is 20.2. The van der Waals surface area contributed by atoms with Gasteiger partial charge < -0.3 is 10.5 Å². The monoisotopic (exact) mass is 241 g/mol. The minimum absolute atomic E-state index is 0.233. The van der Waals surface area contributed by atoms with Crippen molar-refractivity contribution in [1.82, 2.24) is 9.55 Å². The van der Waals surface area contributed by atoms with E-state index in [1.54, 1.807) is 0 Å². The molecule has 0 saturated carbocycles.